The summed E-state index contributed by atoms with van der Waals surface area (Å²) in [5.41, 5.74) is 0.795. The summed E-state index contributed by atoms with van der Waals surface area (Å²) < 4.78 is 0. The van der Waals surface area contributed by atoms with E-state index in [0.29, 0.717) is 5.56 Å². The smallest absolute Gasteiger partial charge is 0.310 e. The van der Waals surface area contributed by atoms with Crippen molar-refractivity contribution in [3.63, 3.8) is 0 Å². The van der Waals surface area contributed by atoms with Gasteiger partial charge in [0.05, 0.1) is 11.5 Å². The topological polar surface area (TPSA) is 74.6 Å². The molecule has 102 valence electrons. The van der Waals surface area contributed by atoms with Crippen LogP contribution in [0.2, 0.25) is 0 Å². The van der Waals surface area contributed by atoms with E-state index in [1.165, 1.54) is 19.1 Å². The summed E-state index contributed by atoms with van der Waals surface area (Å²) in [5, 5.41) is 19.2. The number of carbonyl (C=O) groups excluding carboxylic acids is 1. The summed E-state index contributed by atoms with van der Waals surface area (Å²) in [7, 11) is 0. The molecule has 4 nitrogen and oxygen atoms in total. The minimum absolute atomic E-state index is 0.113. The molecular formula is C16H14O4. The fourth-order valence-electron chi connectivity index (χ4n) is 1.97. The Hall–Kier alpha value is -2.62. The van der Waals surface area contributed by atoms with Crippen LogP contribution in [0.15, 0.2) is 48.5 Å². The first-order valence-corrected chi connectivity index (χ1v) is 6.16. The van der Waals surface area contributed by atoms with Crippen LogP contribution in [0.25, 0.3) is 0 Å². The number of aromatic hydroxyl groups is 1. The number of phenols is 1. The van der Waals surface area contributed by atoms with Crippen molar-refractivity contribution >= 4 is 11.8 Å². The minimum atomic E-state index is -1.05. The Kier molecular flexibility index (Phi) is 3.84. The Labute approximate surface area is 116 Å². The average Bonchev–Trinajstić information content (AvgIpc) is 2.47. The van der Waals surface area contributed by atoms with Crippen LogP contribution in [-0.2, 0) is 4.79 Å². The molecule has 0 aromatic heterocycles. The SMILES string of the molecule is CC(C(=O)O)c1cccc(C(=O)c2ccccc2)c1O. The Morgan fingerprint density at radius 3 is 2.25 bits per heavy atom. The maximum Gasteiger partial charge on any atom is 0.310 e. The number of rotatable bonds is 4. The van der Waals surface area contributed by atoms with Gasteiger partial charge in [-0.15, -0.1) is 0 Å². The zero-order chi connectivity index (χ0) is 14.7. The van der Waals surface area contributed by atoms with Crippen molar-refractivity contribution in [1.29, 1.82) is 0 Å². The number of ketones is 1. The number of para-hydroxylation sites is 1. The van der Waals surface area contributed by atoms with E-state index in [2.05, 4.69) is 0 Å². The molecule has 0 amide bonds. The van der Waals surface area contributed by atoms with E-state index in [1.54, 1.807) is 36.4 Å². The number of benzene rings is 2. The molecule has 0 saturated heterocycles. The molecule has 0 aliphatic rings. The van der Waals surface area contributed by atoms with E-state index >= 15 is 0 Å². The molecule has 0 spiro atoms. The lowest BCUT2D eigenvalue weighted by Gasteiger charge is -2.12. The lowest BCUT2D eigenvalue weighted by molar-refractivity contribution is -0.138. The monoisotopic (exact) mass is 270 g/mol. The highest BCUT2D eigenvalue weighted by molar-refractivity contribution is 6.11. The molecule has 2 N–H and O–H groups in total. The third kappa shape index (κ3) is 2.54. The first-order chi connectivity index (χ1) is 9.52. The summed E-state index contributed by atoms with van der Waals surface area (Å²) in [6.45, 7) is 1.47. The molecule has 2 rings (SSSR count). The van der Waals surface area contributed by atoms with Crippen LogP contribution in [0.3, 0.4) is 0 Å². The highest BCUT2D eigenvalue weighted by Crippen LogP contribution is 2.30. The average molecular weight is 270 g/mol. The van der Waals surface area contributed by atoms with Crippen LogP contribution >= 0.6 is 0 Å². The van der Waals surface area contributed by atoms with E-state index in [4.69, 9.17) is 5.11 Å². The first-order valence-electron chi connectivity index (χ1n) is 6.16. The van der Waals surface area contributed by atoms with Gasteiger partial charge >= 0.3 is 5.97 Å². The quantitative estimate of drug-likeness (QED) is 0.838. The van der Waals surface area contributed by atoms with Crippen molar-refractivity contribution in [2.45, 2.75) is 12.8 Å². The van der Waals surface area contributed by atoms with Crippen molar-refractivity contribution < 1.29 is 19.8 Å². The maximum atomic E-state index is 12.3. The third-order valence-corrected chi connectivity index (χ3v) is 3.18. The van der Waals surface area contributed by atoms with Gasteiger partial charge in [-0.1, -0.05) is 42.5 Å². The van der Waals surface area contributed by atoms with Gasteiger partial charge in [0.25, 0.3) is 0 Å². The number of phenolic OH excluding ortho intramolecular Hbond substituents is 1. The Balaban J connectivity index is 2.46. The molecule has 1 unspecified atom stereocenters. The Morgan fingerprint density at radius 2 is 1.65 bits per heavy atom. The fourth-order valence-corrected chi connectivity index (χ4v) is 1.97. The molecule has 0 heterocycles. The predicted molar refractivity (Wildman–Crippen MR) is 74.0 cm³/mol. The highest BCUT2D eigenvalue weighted by Gasteiger charge is 2.22. The standard InChI is InChI=1S/C16H14O4/c1-10(16(19)20)12-8-5-9-13(15(12)18)14(17)11-6-3-2-4-7-11/h2-10,18H,1H3,(H,19,20). The van der Waals surface area contributed by atoms with Gasteiger partial charge in [0.2, 0.25) is 0 Å². The zero-order valence-electron chi connectivity index (χ0n) is 10.9. The van der Waals surface area contributed by atoms with Crippen LogP contribution < -0.4 is 0 Å². The summed E-state index contributed by atoms with van der Waals surface area (Å²) >= 11 is 0. The second kappa shape index (κ2) is 5.57. The van der Waals surface area contributed by atoms with Gasteiger partial charge in [-0.25, -0.2) is 0 Å². The normalized spacial score (nSPS) is 11.8. The van der Waals surface area contributed by atoms with Gasteiger partial charge in [0.1, 0.15) is 5.75 Å². The molecular weight excluding hydrogens is 256 g/mol. The van der Waals surface area contributed by atoms with Crippen LogP contribution in [0.1, 0.15) is 34.3 Å². The summed E-state index contributed by atoms with van der Waals surface area (Å²) in [6.07, 6.45) is 0. The molecule has 20 heavy (non-hydrogen) atoms. The van der Waals surface area contributed by atoms with E-state index < -0.39 is 11.9 Å². The van der Waals surface area contributed by atoms with Crippen molar-refractivity contribution in [3.8, 4) is 5.75 Å². The largest absolute Gasteiger partial charge is 0.507 e. The number of carboxylic acids is 1. The molecule has 0 saturated carbocycles. The number of hydrogen-bond acceptors (Lipinski definition) is 3. The molecule has 0 aliphatic carbocycles. The van der Waals surface area contributed by atoms with Crippen molar-refractivity contribution in [2.24, 2.45) is 0 Å². The maximum absolute atomic E-state index is 12.3. The highest BCUT2D eigenvalue weighted by atomic mass is 16.4. The number of carbonyl (C=O) groups is 2. The predicted octanol–water partition coefficient (Wildman–Crippen LogP) is 2.81. The van der Waals surface area contributed by atoms with Crippen LogP contribution in [0, 0.1) is 0 Å². The first kappa shape index (κ1) is 13.8. The summed E-state index contributed by atoms with van der Waals surface area (Å²) in [5.74, 6) is -2.53. The molecule has 0 bridgehead atoms. The lowest BCUT2D eigenvalue weighted by atomic mass is 9.94. The molecule has 4 heteroatoms. The van der Waals surface area contributed by atoms with Gasteiger partial charge in [0, 0.05) is 11.1 Å². The number of aliphatic carboxylic acids is 1. The molecule has 1 atom stereocenters. The second-order valence-electron chi connectivity index (χ2n) is 4.50. The Morgan fingerprint density at radius 1 is 1.00 bits per heavy atom. The van der Waals surface area contributed by atoms with Gasteiger partial charge < -0.3 is 10.2 Å². The molecule has 2 aromatic carbocycles. The minimum Gasteiger partial charge on any atom is -0.507 e. The zero-order valence-corrected chi connectivity index (χ0v) is 10.9. The fraction of sp³-hybridized carbons (Fsp3) is 0.125. The van der Waals surface area contributed by atoms with E-state index in [0.717, 1.165) is 0 Å². The van der Waals surface area contributed by atoms with Crippen molar-refractivity contribution in [1.82, 2.24) is 0 Å². The number of carboxylic acid groups (broad SMARTS) is 1. The molecule has 2 aromatic rings. The molecule has 0 aliphatic heterocycles. The summed E-state index contributed by atoms with van der Waals surface area (Å²) in [6, 6.07) is 13.1. The van der Waals surface area contributed by atoms with Crippen LogP contribution in [0.4, 0.5) is 0 Å². The molecule has 0 fully saturated rings. The van der Waals surface area contributed by atoms with Gasteiger partial charge in [-0.2, -0.15) is 0 Å². The van der Waals surface area contributed by atoms with Gasteiger partial charge in [-0.05, 0) is 13.0 Å². The van der Waals surface area contributed by atoms with Crippen LogP contribution in [-0.4, -0.2) is 22.0 Å². The van der Waals surface area contributed by atoms with Gasteiger partial charge in [0.15, 0.2) is 5.78 Å². The van der Waals surface area contributed by atoms with Crippen LogP contribution in [0.5, 0.6) is 5.75 Å². The summed E-state index contributed by atoms with van der Waals surface area (Å²) in [4.78, 5) is 23.3. The van der Waals surface area contributed by atoms with E-state index in [1.807, 2.05) is 0 Å². The Bertz CT molecular complexity index is 647. The van der Waals surface area contributed by atoms with E-state index in [9.17, 15) is 14.7 Å². The molecule has 0 radical (unpaired) electrons. The van der Waals surface area contributed by atoms with E-state index in [-0.39, 0.29) is 22.7 Å². The number of hydrogen-bond donors (Lipinski definition) is 2. The van der Waals surface area contributed by atoms with Crippen molar-refractivity contribution in [2.75, 3.05) is 0 Å². The third-order valence-electron chi connectivity index (χ3n) is 3.18. The van der Waals surface area contributed by atoms with Gasteiger partial charge in [-0.3, -0.25) is 9.59 Å². The second-order valence-corrected chi connectivity index (χ2v) is 4.50. The lowest BCUT2D eigenvalue weighted by Crippen LogP contribution is -2.10. The van der Waals surface area contributed by atoms with Crippen molar-refractivity contribution in [3.05, 3.63) is 65.2 Å².